The molecule has 1 aliphatic rings. The zero-order valence-electron chi connectivity index (χ0n) is 8.39. The molecule has 7 nitrogen and oxygen atoms in total. The molecule has 2 amide bonds. The molecule has 7 heteroatoms. The maximum Gasteiger partial charge on any atom is 0.331 e. The Hall–Kier alpha value is -2.18. The van der Waals surface area contributed by atoms with Gasteiger partial charge in [0.05, 0.1) is 13.5 Å². The lowest BCUT2D eigenvalue weighted by Gasteiger charge is -2.05. The summed E-state index contributed by atoms with van der Waals surface area (Å²) in [6.45, 7) is 0. The molecule has 1 heterocycles. The van der Waals surface area contributed by atoms with Crippen molar-refractivity contribution in [1.82, 2.24) is 5.32 Å². The van der Waals surface area contributed by atoms with Crippen LogP contribution >= 0.6 is 0 Å². The highest BCUT2D eigenvalue weighted by atomic mass is 16.5. The third kappa shape index (κ3) is 3.19. The molecular formula is C9H9NO6. The van der Waals surface area contributed by atoms with Gasteiger partial charge < -0.3 is 9.47 Å². The standard InChI is InChI=1S/C9H9NO6/c1-15-7(12)2-3-8(13)16-5-4-6(11)10-9(5)14/h2-3,5H,4H2,1H3,(H,10,11,14)/b3-2+/t5-/m0/s1. The average molecular weight is 227 g/mol. The van der Waals surface area contributed by atoms with Gasteiger partial charge in [0.1, 0.15) is 0 Å². The molecule has 0 aromatic rings. The van der Waals surface area contributed by atoms with E-state index >= 15 is 0 Å². The number of methoxy groups -OCH3 is 1. The van der Waals surface area contributed by atoms with E-state index in [1.54, 1.807) is 0 Å². The molecule has 0 bridgehead atoms. The normalized spacial score (nSPS) is 19.7. The number of carbonyl (C=O) groups is 4. The largest absolute Gasteiger partial charge is 0.466 e. The number of ether oxygens (including phenoxy) is 2. The monoisotopic (exact) mass is 227 g/mol. The number of imide groups is 1. The molecule has 86 valence electrons. The molecule has 1 atom stereocenters. The van der Waals surface area contributed by atoms with Crippen LogP contribution in [0.2, 0.25) is 0 Å². The zero-order chi connectivity index (χ0) is 12.1. The maximum absolute atomic E-state index is 11.1. The van der Waals surface area contributed by atoms with Crippen molar-refractivity contribution in [2.24, 2.45) is 0 Å². The Morgan fingerprint density at radius 1 is 1.31 bits per heavy atom. The molecule has 16 heavy (non-hydrogen) atoms. The Kier molecular flexibility index (Phi) is 3.76. The predicted molar refractivity (Wildman–Crippen MR) is 48.8 cm³/mol. The van der Waals surface area contributed by atoms with E-state index in [-0.39, 0.29) is 6.42 Å². The van der Waals surface area contributed by atoms with Gasteiger partial charge in [-0.05, 0) is 0 Å². The summed E-state index contributed by atoms with van der Waals surface area (Å²) < 4.78 is 8.86. The molecule has 0 spiro atoms. The van der Waals surface area contributed by atoms with Crippen molar-refractivity contribution in [1.29, 1.82) is 0 Å². The number of hydrogen-bond donors (Lipinski definition) is 1. The van der Waals surface area contributed by atoms with Crippen molar-refractivity contribution in [2.75, 3.05) is 7.11 Å². The molecule has 0 aromatic heterocycles. The van der Waals surface area contributed by atoms with E-state index in [2.05, 4.69) is 9.47 Å². The Bertz CT molecular complexity index is 372. The predicted octanol–water partition coefficient (Wildman–Crippen LogP) is -1.33. The molecule has 0 aromatic carbocycles. The fourth-order valence-corrected chi connectivity index (χ4v) is 1.01. The van der Waals surface area contributed by atoms with Crippen LogP contribution in [0.1, 0.15) is 6.42 Å². The van der Waals surface area contributed by atoms with E-state index in [4.69, 9.17) is 0 Å². The molecule has 0 unspecified atom stereocenters. The van der Waals surface area contributed by atoms with Crippen molar-refractivity contribution in [3.63, 3.8) is 0 Å². The fourth-order valence-electron chi connectivity index (χ4n) is 1.01. The summed E-state index contributed by atoms with van der Waals surface area (Å²) in [7, 11) is 1.15. The molecule has 1 aliphatic heterocycles. The van der Waals surface area contributed by atoms with Crippen molar-refractivity contribution < 1.29 is 28.7 Å². The topological polar surface area (TPSA) is 98.8 Å². The molecule has 0 radical (unpaired) electrons. The van der Waals surface area contributed by atoms with Crippen LogP contribution in [-0.2, 0) is 28.7 Å². The summed E-state index contributed by atoms with van der Waals surface area (Å²) in [5.41, 5.74) is 0. The lowest BCUT2D eigenvalue weighted by molar-refractivity contribution is -0.149. The smallest absolute Gasteiger partial charge is 0.331 e. The molecule has 0 aliphatic carbocycles. The van der Waals surface area contributed by atoms with Crippen LogP contribution in [0, 0.1) is 0 Å². The Balaban J connectivity index is 2.46. The highest BCUT2D eigenvalue weighted by molar-refractivity contribution is 6.06. The van der Waals surface area contributed by atoms with Crippen molar-refractivity contribution in [3.8, 4) is 0 Å². The second-order valence-corrected chi connectivity index (χ2v) is 2.90. The van der Waals surface area contributed by atoms with Crippen LogP contribution in [0.25, 0.3) is 0 Å². The molecule has 1 saturated heterocycles. The van der Waals surface area contributed by atoms with Crippen molar-refractivity contribution in [3.05, 3.63) is 12.2 Å². The number of rotatable bonds is 3. The van der Waals surface area contributed by atoms with Crippen LogP contribution in [0.15, 0.2) is 12.2 Å². The van der Waals surface area contributed by atoms with Gasteiger partial charge in [0.25, 0.3) is 5.91 Å². The third-order valence-corrected chi connectivity index (χ3v) is 1.74. The van der Waals surface area contributed by atoms with Gasteiger partial charge in [0.2, 0.25) is 5.91 Å². The van der Waals surface area contributed by atoms with Gasteiger partial charge in [0.15, 0.2) is 6.10 Å². The minimum atomic E-state index is -1.12. The van der Waals surface area contributed by atoms with Crippen molar-refractivity contribution in [2.45, 2.75) is 12.5 Å². The Morgan fingerprint density at radius 3 is 2.44 bits per heavy atom. The van der Waals surface area contributed by atoms with E-state index in [0.29, 0.717) is 0 Å². The number of carbonyl (C=O) groups excluding carboxylic acids is 4. The summed E-state index contributed by atoms with van der Waals surface area (Å²) in [5, 5.41) is 1.98. The first-order valence-corrected chi connectivity index (χ1v) is 4.33. The second kappa shape index (κ2) is 5.06. The lowest BCUT2D eigenvalue weighted by atomic mass is 10.3. The molecular weight excluding hydrogens is 218 g/mol. The third-order valence-electron chi connectivity index (χ3n) is 1.74. The Labute approximate surface area is 90.4 Å². The lowest BCUT2D eigenvalue weighted by Crippen LogP contribution is -2.27. The van der Waals surface area contributed by atoms with Gasteiger partial charge in [-0.25, -0.2) is 9.59 Å². The van der Waals surface area contributed by atoms with Crippen LogP contribution in [0.4, 0.5) is 0 Å². The summed E-state index contributed by atoms with van der Waals surface area (Å²) in [6.07, 6.45) is 0.359. The summed E-state index contributed by atoms with van der Waals surface area (Å²) in [5.74, 6) is -2.77. The first kappa shape index (κ1) is 11.9. The van der Waals surface area contributed by atoms with Crippen LogP contribution in [-0.4, -0.2) is 37.0 Å². The highest BCUT2D eigenvalue weighted by Crippen LogP contribution is 2.06. The minimum Gasteiger partial charge on any atom is -0.466 e. The molecule has 1 rings (SSSR count). The van der Waals surface area contributed by atoms with Gasteiger partial charge in [0, 0.05) is 12.2 Å². The number of hydrogen-bond acceptors (Lipinski definition) is 6. The fraction of sp³-hybridized carbons (Fsp3) is 0.333. The van der Waals surface area contributed by atoms with Crippen LogP contribution in [0.5, 0.6) is 0 Å². The van der Waals surface area contributed by atoms with E-state index in [1.807, 2.05) is 5.32 Å². The van der Waals surface area contributed by atoms with Gasteiger partial charge in [-0.2, -0.15) is 0 Å². The maximum atomic E-state index is 11.1. The molecule has 1 N–H and O–H groups in total. The summed E-state index contributed by atoms with van der Waals surface area (Å²) in [4.78, 5) is 43.4. The van der Waals surface area contributed by atoms with Gasteiger partial charge in [-0.1, -0.05) is 0 Å². The van der Waals surface area contributed by atoms with E-state index in [9.17, 15) is 19.2 Å². The van der Waals surface area contributed by atoms with Gasteiger partial charge >= 0.3 is 11.9 Å². The Morgan fingerprint density at radius 2 is 1.94 bits per heavy atom. The minimum absolute atomic E-state index is 0.198. The second-order valence-electron chi connectivity index (χ2n) is 2.90. The molecule has 1 fully saturated rings. The van der Waals surface area contributed by atoms with E-state index in [1.165, 1.54) is 0 Å². The first-order chi connectivity index (χ1) is 7.52. The van der Waals surface area contributed by atoms with E-state index in [0.717, 1.165) is 19.3 Å². The molecule has 0 saturated carbocycles. The highest BCUT2D eigenvalue weighted by Gasteiger charge is 2.33. The number of nitrogens with one attached hydrogen (secondary N) is 1. The van der Waals surface area contributed by atoms with Crippen LogP contribution in [0.3, 0.4) is 0 Å². The first-order valence-electron chi connectivity index (χ1n) is 4.33. The average Bonchev–Trinajstić information content (AvgIpc) is 2.54. The van der Waals surface area contributed by atoms with E-state index < -0.39 is 29.9 Å². The summed E-state index contributed by atoms with van der Waals surface area (Å²) >= 11 is 0. The number of amides is 2. The van der Waals surface area contributed by atoms with Crippen LogP contribution < -0.4 is 5.32 Å². The quantitative estimate of drug-likeness (QED) is 0.364. The van der Waals surface area contributed by atoms with Crippen molar-refractivity contribution >= 4 is 23.8 Å². The van der Waals surface area contributed by atoms with Gasteiger partial charge in [-0.15, -0.1) is 0 Å². The van der Waals surface area contributed by atoms with Gasteiger partial charge in [-0.3, -0.25) is 14.9 Å². The zero-order valence-corrected chi connectivity index (χ0v) is 8.39. The number of esters is 2. The SMILES string of the molecule is COC(=O)/C=C/C(=O)O[C@H]1CC(=O)NC1=O. The summed E-state index contributed by atoms with van der Waals surface area (Å²) in [6, 6.07) is 0.